The minimum atomic E-state index is 0.443. The van der Waals surface area contributed by atoms with E-state index in [1.165, 1.54) is 5.69 Å². The number of hydrogen-bond acceptors (Lipinski definition) is 5. The van der Waals surface area contributed by atoms with E-state index in [1.807, 2.05) is 24.4 Å². The van der Waals surface area contributed by atoms with Gasteiger partial charge in [0, 0.05) is 43.8 Å². The van der Waals surface area contributed by atoms with E-state index in [4.69, 9.17) is 11.6 Å². The molecule has 0 amide bonds. The Balaban J connectivity index is 1.56. The van der Waals surface area contributed by atoms with Crippen LogP contribution in [0.4, 0.5) is 17.3 Å². The topological polar surface area (TPSA) is 60.1 Å². The van der Waals surface area contributed by atoms with Gasteiger partial charge in [0.25, 0.3) is 0 Å². The molecule has 124 valence electrons. The molecule has 0 unspecified atom stereocenters. The van der Waals surface area contributed by atoms with E-state index in [0.29, 0.717) is 11.1 Å². The van der Waals surface area contributed by atoms with E-state index in [2.05, 4.69) is 49.2 Å². The molecule has 0 radical (unpaired) electrons. The van der Waals surface area contributed by atoms with Crippen LogP contribution in [0.3, 0.4) is 0 Å². The van der Waals surface area contributed by atoms with Crippen LogP contribution in [-0.4, -0.2) is 53.1 Å². The van der Waals surface area contributed by atoms with Gasteiger partial charge in [-0.1, -0.05) is 17.7 Å². The first-order chi connectivity index (χ1) is 11.7. The highest BCUT2D eigenvalue weighted by atomic mass is 35.5. The zero-order valence-corrected chi connectivity index (χ0v) is 14.2. The number of anilines is 3. The second-order valence-electron chi connectivity index (χ2n) is 6.04. The van der Waals surface area contributed by atoms with Gasteiger partial charge in [-0.3, -0.25) is 0 Å². The number of aromatic amines is 1. The molecule has 7 heteroatoms. The van der Waals surface area contributed by atoms with Gasteiger partial charge in [-0.25, -0.2) is 4.98 Å². The summed E-state index contributed by atoms with van der Waals surface area (Å²) in [5.74, 6) is 0.491. The normalized spacial score (nSPS) is 15.8. The number of aromatic nitrogens is 3. The largest absolute Gasteiger partial charge is 0.369 e. The summed E-state index contributed by atoms with van der Waals surface area (Å²) in [5, 5.41) is 4.52. The van der Waals surface area contributed by atoms with E-state index in [1.54, 1.807) is 0 Å². The number of halogens is 1. The smallest absolute Gasteiger partial charge is 0.230 e. The standard InChI is InChI=1S/C17H19ClN6/c1-23-7-9-24(10-8-23)13-4-2-3-12(11-13)20-17-21-15(18)14-5-6-19-16(14)22-17/h2-6,11H,7-10H2,1H3,(H2,19,20,21,22). The van der Waals surface area contributed by atoms with Crippen molar-refractivity contribution in [2.75, 3.05) is 43.4 Å². The Bertz CT molecular complexity index is 853. The molecule has 0 atom stereocenters. The average Bonchev–Trinajstić information content (AvgIpc) is 3.05. The molecule has 1 saturated heterocycles. The van der Waals surface area contributed by atoms with Crippen LogP contribution in [0.5, 0.6) is 0 Å². The lowest BCUT2D eigenvalue weighted by Crippen LogP contribution is -2.44. The van der Waals surface area contributed by atoms with E-state index < -0.39 is 0 Å². The molecule has 2 aromatic heterocycles. The van der Waals surface area contributed by atoms with Crippen molar-refractivity contribution in [3.05, 3.63) is 41.7 Å². The fraction of sp³-hybridized carbons (Fsp3) is 0.294. The van der Waals surface area contributed by atoms with Gasteiger partial charge < -0.3 is 20.1 Å². The van der Waals surface area contributed by atoms with Crippen LogP contribution < -0.4 is 10.2 Å². The third kappa shape index (κ3) is 3.02. The van der Waals surface area contributed by atoms with Crippen molar-refractivity contribution in [2.24, 2.45) is 0 Å². The Morgan fingerprint density at radius 3 is 2.79 bits per heavy atom. The molecule has 3 heterocycles. The van der Waals surface area contributed by atoms with Crippen LogP contribution in [0, 0.1) is 0 Å². The monoisotopic (exact) mass is 342 g/mol. The average molecular weight is 343 g/mol. The van der Waals surface area contributed by atoms with Crippen LogP contribution in [0.2, 0.25) is 5.15 Å². The molecule has 0 bridgehead atoms. The number of nitrogens with zero attached hydrogens (tertiary/aromatic N) is 4. The third-order valence-corrected chi connectivity index (χ3v) is 4.63. The van der Waals surface area contributed by atoms with Gasteiger partial charge in [0.1, 0.15) is 10.8 Å². The Labute approximate surface area is 145 Å². The van der Waals surface area contributed by atoms with Crippen molar-refractivity contribution in [1.82, 2.24) is 19.9 Å². The van der Waals surface area contributed by atoms with Crippen molar-refractivity contribution < 1.29 is 0 Å². The summed E-state index contributed by atoms with van der Waals surface area (Å²) >= 11 is 6.21. The number of piperazine rings is 1. The number of likely N-dealkylation sites (N-methyl/N-ethyl adjacent to an activating group) is 1. The molecule has 0 spiro atoms. The number of nitrogens with one attached hydrogen (secondary N) is 2. The second-order valence-corrected chi connectivity index (χ2v) is 6.40. The number of H-pyrrole nitrogens is 1. The quantitative estimate of drug-likeness (QED) is 0.716. The second kappa shape index (κ2) is 6.30. The first-order valence-corrected chi connectivity index (χ1v) is 8.38. The molecule has 0 aliphatic carbocycles. The molecule has 2 N–H and O–H groups in total. The molecule has 1 fully saturated rings. The first kappa shape index (κ1) is 15.2. The van der Waals surface area contributed by atoms with Gasteiger partial charge in [-0.05, 0) is 31.3 Å². The highest BCUT2D eigenvalue weighted by Crippen LogP contribution is 2.25. The van der Waals surface area contributed by atoms with Crippen LogP contribution in [-0.2, 0) is 0 Å². The Morgan fingerprint density at radius 2 is 1.96 bits per heavy atom. The number of benzene rings is 1. The Morgan fingerprint density at radius 1 is 1.12 bits per heavy atom. The lowest BCUT2D eigenvalue weighted by atomic mass is 10.2. The molecule has 1 aliphatic heterocycles. The van der Waals surface area contributed by atoms with Gasteiger partial charge in [-0.2, -0.15) is 4.98 Å². The molecule has 6 nitrogen and oxygen atoms in total. The fourth-order valence-electron chi connectivity index (χ4n) is 2.93. The summed E-state index contributed by atoms with van der Waals surface area (Å²) in [4.78, 5) is 16.6. The SMILES string of the molecule is CN1CCN(c2cccc(Nc3nc(Cl)c4cc[nH]c4n3)c2)CC1. The lowest BCUT2D eigenvalue weighted by Gasteiger charge is -2.34. The third-order valence-electron chi connectivity index (χ3n) is 4.34. The lowest BCUT2D eigenvalue weighted by molar-refractivity contribution is 0.313. The summed E-state index contributed by atoms with van der Waals surface area (Å²) in [6, 6.07) is 10.2. The van der Waals surface area contributed by atoms with Crippen LogP contribution in [0.1, 0.15) is 0 Å². The van der Waals surface area contributed by atoms with Crippen LogP contribution in [0.15, 0.2) is 36.5 Å². The van der Waals surface area contributed by atoms with Gasteiger partial charge in [0.2, 0.25) is 5.95 Å². The van der Waals surface area contributed by atoms with Gasteiger partial charge in [0.05, 0.1) is 5.39 Å². The zero-order chi connectivity index (χ0) is 16.5. The zero-order valence-electron chi connectivity index (χ0n) is 13.5. The summed E-state index contributed by atoms with van der Waals surface area (Å²) in [6.45, 7) is 4.24. The van der Waals surface area contributed by atoms with Crippen molar-refractivity contribution in [1.29, 1.82) is 0 Å². The van der Waals surface area contributed by atoms with Crippen LogP contribution >= 0.6 is 11.6 Å². The van der Waals surface area contributed by atoms with E-state index in [-0.39, 0.29) is 0 Å². The Kier molecular flexibility index (Phi) is 4.00. The number of hydrogen-bond donors (Lipinski definition) is 2. The maximum atomic E-state index is 6.21. The molecule has 3 aromatic rings. The first-order valence-electron chi connectivity index (χ1n) is 8.00. The number of fused-ring (bicyclic) bond motifs is 1. The minimum Gasteiger partial charge on any atom is -0.369 e. The minimum absolute atomic E-state index is 0.443. The fourth-order valence-corrected chi connectivity index (χ4v) is 3.17. The van der Waals surface area contributed by atoms with Gasteiger partial charge in [-0.15, -0.1) is 0 Å². The van der Waals surface area contributed by atoms with E-state index in [0.717, 1.165) is 42.9 Å². The molecule has 0 saturated carbocycles. The van der Waals surface area contributed by atoms with Crippen molar-refractivity contribution >= 4 is 40.0 Å². The van der Waals surface area contributed by atoms with E-state index in [9.17, 15) is 0 Å². The molecular weight excluding hydrogens is 324 g/mol. The highest BCUT2D eigenvalue weighted by molar-refractivity contribution is 6.34. The summed E-state index contributed by atoms with van der Waals surface area (Å²) in [6.07, 6.45) is 1.81. The summed E-state index contributed by atoms with van der Waals surface area (Å²) in [5.41, 5.74) is 2.89. The van der Waals surface area contributed by atoms with Gasteiger partial charge in [0.15, 0.2) is 0 Å². The maximum Gasteiger partial charge on any atom is 0.230 e. The predicted octanol–water partition coefficient (Wildman–Crippen LogP) is 3.11. The molecule has 4 rings (SSSR count). The van der Waals surface area contributed by atoms with Crippen molar-refractivity contribution in [3.63, 3.8) is 0 Å². The van der Waals surface area contributed by atoms with Crippen molar-refractivity contribution in [2.45, 2.75) is 0 Å². The molecular formula is C17H19ClN6. The maximum absolute atomic E-state index is 6.21. The summed E-state index contributed by atoms with van der Waals surface area (Å²) in [7, 11) is 2.16. The van der Waals surface area contributed by atoms with Gasteiger partial charge >= 0.3 is 0 Å². The molecule has 24 heavy (non-hydrogen) atoms. The molecule has 1 aromatic carbocycles. The van der Waals surface area contributed by atoms with Crippen molar-refractivity contribution in [3.8, 4) is 0 Å². The predicted molar refractivity (Wildman–Crippen MR) is 98.3 cm³/mol. The number of rotatable bonds is 3. The summed E-state index contributed by atoms with van der Waals surface area (Å²) < 4.78 is 0. The van der Waals surface area contributed by atoms with Crippen LogP contribution in [0.25, 0.3) is 11.0 Å². The Hall–Kier alpha value is -2.31. The highest BCUT2D eigenvalue weighted by Gasteiger charge is 2.14. The van der Waals surface area contributed by atoms with E-state index >= 15 is 0 Å². The molecule has 1 aliphatic rings.